The van der Waals surface area contributed by atoms with Crippen LogP contribution in [0.2, 0.25) is 0 Å². The number of nitrogens with one attached hydrogen (secondary N) is 1. The van der Waals surface area contributed by atoms with Crippen molar-refractivity contribution in [3.8, 4) is 0 Å². The van der Waals surface area contributed by atoms with E-state index in [-0.39, 0.29) is 17.0 Å². The van der Waals surface area contributed by atoms with E-state index < -0.39 is 16.4 Å². The zero-order chi connectivity index (χ0) is 13.9. The van der Waals surface area contributed by atoms with Crippen LogP contribution < -0.4 is 4.72 Å². The molecule has 0 saturated carbocycles. The van der Waals surface area contributed by atoms with Crippen molar-refractivity contribution in [3.63, 3.8) is 0 Å². The first-order valence-corrected chi connectivity index (χ1v) is 6.87. The van der Waals surface area contributed by atoms with Crippen molar-refractivity contribution in [1.82, 2.24) is 4.72 Å². The maximum Gasteiger partial charge on any atom is 0.263 e. The minimum atomic E-state index is -3.73. The van der Waals surface area contributed by atoms with Gasteiger partial charge in [-0.2, -0.15) is 0 Å². The lowest BCUT2D eigenvalue weighted by Crippen LogP contribution is -2.22. The normalized spacial score (nSPS) is 11.9. The Morgan fingerprint density at radius 1 is 1.16 bits per heavy atom. The molecule has 0 aliphatic heterocycles. The van der Waals surface area contributed by atoms with E-state index in [9.17, 15) is 17.2 Å². The van der Waals surface area contributed by atoms with Crippen LogP contribution in [0.5, 0.6) is 0 Å². The minimum Gasteiger partial charge on any atom is -0.468 e. The summed E-state index contributed by atoms with van der Waals surface area (Å²) in [5, 5.41) is 0. The quantitative estimate of drug-likeness (QED) is 0.919. The van der Waals surface area contributed by atoms with E-state index in [1.165, 1.54) is 6.26 Å². The molecule has 0 amide bonds. The van der Waals surface area contributed by atoms with E-state index in [4.69, 9.17) is 4.42 Å². The molecule has 2 rings (SSSR count). The number of hydrogen-bond donors (Lipinski definition) is 1. The largest absolute Gasteiger partial charge is 0.468 e. The molecule has 0 fully saturated rings. The first kappa shape index (κ1) is 13.7. The molecule has 0 aliphatic rings. The molecule has 7 heteroatoms. The van der Waals surface area contributed by atoms with Gasteiger partial charge in [0.25, 0.3) is 6.43 Å². The minimum absolute atomic E-state index is 0.00588. The summed E-state index contributed by atoms with van der Waals surface area (Å²) in [4.78, 5) is -0.0662. The van der Waals surface area contributed by atoms with E-state index in [2.05, 4.69) is 4.72 Å². The zero-order valence-electron chi connectivity index (χ0n) is 9.71. The molecule has 102 valence electrons. The highest BCUT2D eigenvalue weighted by Gasteiger charge is 2.15. The first-order chi connectivity index (χ1) is 8.99. The number of alkyl halides is 2. The van der Waals surface area contributed by atoms with Crippen LogP contribution in [0.1, 0.15) is 17.7 Å². The summed E-state index contributed by atoms with van der Waals surface area (Å²) in [5.74, 6) is 0.466. The molecule has 1 heterocycles. The average molecular weight is 287 g/mol. The summed E-state index contributed by atoms with van der Waals surface area (Å²) in [6.45, 7) is 0.00588. The van der Waals surface area contributed by atoms with Gasteiger partial charge in [-0.25, -0.2) is 21.9 Å². The Morgan fingerprint density at radius 2 is 1.84 bits per heavy atom. The summed E-state index contributed by atoms with van der Waals surface area (Å²) in [6.07, 6.45) is -1.19. The van der Waals surface area contributed by atoms with Gasteiger partial charge in [-0.3, -0.25) is 0 Å². The molecule has 0 radical (unpaired) electrons. The van der Waals surface area contributed by atoms with Crippen molar-refractivity contribution in [2.75, 3.05) is 0 Å². The van der Waals surface area contributed by atoms with Gasteiger partial charge in [-0.05, 0) is 24.3 Å². The Morgan fingerprint density at radius 3 is 2.37 bits per heavy atom. The molecule has 0 saturated heterocycles. The molecule has 0 atom stereocenters. The number of furan rings is 1. The van der Waals surface area contributed by atoms with Gasteiger partial charge < -0.3 is 4.42 Å². The molecule has 19 heavy (non-hydrogen) atoms. The van der Waals surface area contributed by atoms with Gasteiger partial charge in [0.05, 0.1) is 17.7 Å². The van der Waals surface area contributed by atoms with Gasteiger partial charge in [0, 0.05) is 5.56 Å². The highest BCUT2D eigenvalue weighted by atomic mass is 32.2. The SMILES string of the molecule is O=S(=O)(NCc1ccco1)c1ccc(C(F)F)cc1. The van der Waals surface area contributed by atoms with Crippen molar-refractivity contribution in [3.05, 3.63) is 54.0 Å². The van der Waals surface area contributed by atoms with E-state index in [1.54, 1.807) is 12.1 Å². The Kier molecular flexibility index (Phi) is 3.96. The van der Waals surface area contributed by atoms with E-state index in [0.717, 1.165) is 24.3 Å². The smallest absolute Gasteiger partial charge is 0.263 e. The van der Waals surface area contributed by atoms with Crippen molar-refractivity contribution in [2.24, 2.45) is 0 Å². The summed E-state index contributed by atoms with van der Waals surface area (Å²) in [5.41, 5.74) is -0.218. The van der Waals surface area contributed by atoms with Crippen LogP contribution in [-0.4, -0.2) is 8.42 Å². The first-order valence-electron chi connectivity index (χ1n) is 5.39. The Labute approximate surface area is 109 Å². The average Bonchev–Trinajstić information content (AvgIpc) is 2.90. The van der Waals surface area contributed by atoms with E-state index >= 15 is 0 Å². The van der Waals surface area contributed by atoms with Gasteiger partial charge in [-0.15, -0.1) is 0 Å². The van der Waals surface area contributed by atoms with Crippen LogP contribution in [0.15, 0.2) is 52.0 Å². The summed E-state index contributed by atoms with van der Waals surface area (Å²) in [6, 6.07) is 7.74. The van der Waals surface area contributed by atoms with Gasteiger partial charge in [0.2, 0.25) is 10.0 Å². The number of rotatable bonds is 5. The van der Waals surface area contributed by atoms with Crippen LogP contribution in [0.3, 0.4) is 0 Å². The van der Waals surface area contributed by atoms with Crippen molar-refractivity contribution in [1.29, 1.82) is 0 Å². The molecule has 0 bridgehead atoms. The number of halogens is 2. The summed E-state index contributed by atoms with van der Waals surface area (Å²) < 4.78 is 55.7. The highest BCUT2D eigenvalue weighted by Crippen LogP contribution is 2.20. The third-order valence-corrected chi connectivity index (χ3v) is 3.88. The monoisotopic (exact) mass is 287 g/mol. The number of benzene rings is 1. The molecule has 1 N–H and O–H groups in total. The molecule has 1 aromatic heterocycles. The van der Waals surface area contributed by atoms with Gasteiger partial charge in [-0.1, -0.05) is 12.1 Å². The Hall–Kier alpha value is -1.73. The van der Waals surface area contributed by atoms with Crippen LogP contribution >= 0.6 is 0 Å². The molecule has 0 aliphatic carbocycles. The van der Waals surface area contributed by atoms with E-state index in [0.29, 0.717) is 5.76 Å². The fourth-order valence-corrected chi connectivity index (χ4v) is 2.45. The molecular weight excluding hydrogens is 276 g/mol. The van der Waals surface area contributed by atoms with Crippen molar-refractivity contribution >= 4 is 10.0 Å². The maximum atomic E-state index is 12.4. The standard InChI is InChI=1S/C12H11F2NO3S/c13-12(14)9-3-5-11(6-4-9)19(16,17)15-8-10-2-1-7-18-10/h1-7,12,15H,8H2. The zero-order valence-corrected chi connectivity index (χ0v) is 10.5. The lowest BCUT2D eigenvalue weighted by molar-refractivity contribution is 0.151. The predicted octanol–water partition coefficient (Wildman–Crippen LogP) is 2.70. The Bertz CT molecular complexity index is 622. The van der Waals surface area contributed by atoms with Crippen LogP contribution in [-0.2, 0) is 16.6 Å². The topological polar surface area (TPSA) is 59.3 Å². The van der Waals surface area contributed by atoms with Crippen LogP contribution in [0.25, 0.3) is 0 Å². The van der Waals surface area contributed by atoms with Crippen molar-refractivity contribution < 1.29 is 21.6 Å². The fourth-order valence-electron chi connectivity index (χ4n) is 1.46. The van der Waals surface area contributed by atoms with Gasteiger partial charge in [0.15, 0.2) is 0 Å². The molecule has 0 spiro atoms. The molecule has 0 unspecified atom stereocenters. The van der Waals surface area contributed by atoms with Crippen molar-refractivity contribution in [2.45, 2.75) is 17.9 Å². The highest BCUT2D eigenvalue weighted by molar-refractivity contribution is 7.89. The van der Waals surface area contributed by atoms with Gasteiger partial charge in [0.1, 0.15) is 5.76 Å². The Balaban J connectivity index is 2.10. The molecule has 1 aromatic carbocycles. The summed E-state index contributed by atoms with van der Waals surface area (Å²) in [7, 11) is -3.73. The third-order valence-electron chi connectivity index (χ3n) is 2.46. The maximum absolute atomic E-state index is 12.4. The second-order valence-corrected chi connectivity index (χ2v) is 5.54. The molecular formula is C12H11F2NO3S. The fraction of sp³-hybridized carbons (Fsp3) is 0.167. The predicted molar refractivity (Wildman–Crippen MR) is 64.1 cm³/mol. The molecule has 2 aromatic rings. The lowest BCUT2D eigenvalue weighted by atomic mass is 10.2. The molecule has 4 nitrogen and oxygen atoms in total. The van der Waals surface area contributed by atoms with Crippen LogP contribution in [0, 0.1) is 0 Å². The number of hydrogen-bond acceptors (Lipinski definition) is 3. The van der Waals surface area contributed by atoms with Gasteiger partial charge >= 0.3 is 0 Å². The lowest BCUT2D eigenvalue weighted by Gasteiger charge is -2.06. The second-order valence-electron chi connectivity index (χ2n) is 3.77. The third kappa shape index (κ3) is 3.39. The van der Waals surface area contributed by atoms with E-state index in [1.807, 2.05) is 0 Å². The second kappa shape index (κ2) is 5.50. The summed E-state index contributed by atoms with van der Waals surface area (Å²) >= 11 is 0. The van der Waals surface area contributed by atoms with Crippen LogP contribution in [0.4, 0.5) is 8.78 Å². The number of sulfonamides is 1.